The van der Waals surface area contributed by atoms with Gasteiger partial charge in [-0.3, -0.25) is 0 Å². The van der Waals surface area contributed by atoms with Gasteiger partial charge in [0.05, 0.1) is 5.01 Å². The zero-order chi connectivity index (χ0) is 14.1. The fraction of sp³-hybridized carbons (Fsp3) is 0.583. The molecule has 106 valence electrons. The number of nitrogens with one attached hydrogen (secondary N) is 2. The Morgan fingerprint density at radius 1 is 1.53 bits per heavy atom. The lowest BCUT2D eigenvalue weighted by atomic mass is 10.1. The molecule has 2 amide bonds. The lowest BCUT2D eigenvalue weighted by molar-refractivity contribution is -0.139. The Labute approximate surface area is 116 Å². The summed E-state index contributed by atoms with van der Waals surface area (Å²) in [5, 5.41) is 16.9. The zero-order valence-corrected chi connectivity index (χ0v) is 11.7. The van der Waals surface area contributed by atoms with Crippen LogP contribution in [0.2, 0.25) is 0 Å². The normalized spacial score (nSPS) is 11.8. The third kappa shape index (κ3) is 6.19. The van der Waals surface area contributed by atoms with Crippen LogP contribution in [-0.4, -0.2) is 34.7 Å². The van der Waals surface area contributed by atoms with Gasteiger partial charge in [-0.2, -0.15) is 0 Å². The van der Waals surface area contributed by atoms with Crippen LogP contribution in [0.5, 0.6) is 0 Å². The van der Waals surface area contributed by atoms with Crippen LogP contribution >= 0.6 is 11.3 Å². The lowest BCUT2D eigenvalue weighted by Gasteiger charge is -2.14. The first-order chi connectivity index (χ1) is 9.13. The third-order valence-electron chi connectivity index (χ3n) is 2.56. The fourth-order valence-corrected chi connectivity index (χ4v) is 2.15. The molecule has 0 aromatic carbocycles. The summed E-state index contributed by atoms with van der Waals surface area (Å²) >= 11 is 1.53. The molecule has 0 saturated heterocycles. The highest BCUT2D eigenvalue weighted by Gasteiger charge is 2.18. The van der Waals surface area contributed by atoms with Gasteiger partial charge in [0.15, 0.2) is 0 Å². The molecule has 0 radical (unpaired) electrons. The van der Waals surface area contributed by atoms with Gasteiger partial charge >= 0.3 is 12.0 Å². The molecule has 3 N–H and O–H groups in total. The Morgan fingerprint density at radius 3 is 2.89 bits per heavy atom. The van der Waals surface area contributed by atoms with Gasteiger partial charge in [0.2, 0.25) is 0 Å². The van der Waals surface area contributed by atoms with Crippen molar-refractivity contribution in [1.29, 1.82) is 0 Å². The highest BCUT2D eigenvalue weighted by Crippen LogP contribution is 2.03. The van der Waals surface area contributed by atoms with Gasteiger partial charge in [-0.25, -0.2) is 14.6 Å². The highest BCUT2D eigenvalue weighted by molar-refractivity contribution is 7.09. The van der Waals surface area contributed by atoms with E-state index in [1.54, 1.807) is 6.20 Å². The van der Waals surface area contributed by atoms with Crippen molar-refractivity contribution >= 4 is 23.3 Å². The van der Waals surface area contributed by atoms with E-state index in [1.807, 2.05) is 12.3 Å². The number of aliphatic carboxylic acids is 1. The van der Waals surface area contributed by atoms with Crippen LogP contribution in [0.3, 0.4) is 0 Å². The van der Waals surface area contributed by atoms with Crippen LogP contribution in [0.4, 0.5) is 4.79 Å². The molecule has 0 fully saturated rings. The molecule has 0 bridgehead atoms. The van der Waals surface area contributed by atoms with Crippen molar-refractivity contribution < 1.29 is 14.7 Å². The number of carbonyl (C=O) groups is 2. The van der Waals surface area contributed by atoms with Gasteiger partial charge in [0, 0.05) is 24.5 Å². The quantitative estimate of drug-likeness (QED) is 0.677. The van der Waals surface area contributed by atoms with E-state index in [0.29, 0.717) is 19.4 Å². The molecular formula is C12H19N3O3S. The summed E-state index contributed by atoms with van der Waals surface area (Å²) in [6, 6.07) is -1.26. The Balaban J connectivity index is 2.25. The molecule has 6 nitrogen and oxygen atoms in total. The van der Waals surface area contributed by atoms with Gasteiger partial charge in [0.25, 0.3) is 0 Å². The number of unbranched alkanes of at least 4 members (excludes halogenated alkanes) is 1. The molecule has 1 atom stereocenters. The number of carbonyl (C=O) groups excluding carboxylic acids is 1. The molecule has 0 aliphatic rings. The Bertz CT molecular complexity index is 395. The summed E-state index contributed by atoms with van der Waals surface area (Å²) in [6.45, 7) is 2.42. The number of amides is 2. The summed E-state index contributed by atoms with van der Waals surface area (Å²) in [5.41, 5.74) is 0. The van der Waals surface area contributed by atoms with E-state index < -0.39 is 18.0 Å². The number of hydrogen-bond donors (Lipinski definition) is 3. The summed E-state index contributed by atoms with van der Waals surface area (Å²) in [7, 11) is 0. The second-order valence-corrected chi connectivity index (χ2v) is 5.09. The molecule has 1 unspecified atom stereocenters. The van der Waals surface area contributed by atoms with E-state index >= 15 is 0 Å². The maximum Gasteiger partial charge on any atom is 0.326 e. The Hall–Kier alpha value is -1.63. The number of aromatic nitrogens is 1. The number of carboxylic acid groups (broad SMARTS) is 1. The number of hydrogen-bond acceptors (Lipinski definition) is 4. The van der Waals surface area contributed by atoms with Gasteiger partial charge < -0.3 is 15.7 Å². The average molecular weight is 285 g/mol. The molecule has 0 aliphatic heterocycles. The first kappa shape index (κ1) is 15.4. The number of thiazole rings is 1. The molecular weight excluding hydrogens is 266 g/mol. The van der Waals surface area contributed by atoms with E-state index in [1.165, 1.54) is 11.3 Å². The van der Waals surface area contributed by atoms with Crippen molar-refractivity contribution in [1.82, 2.24) is 15.6 Å². The molecule has 0 spiro atoms. The van der Waals surface area contributed by atoms with E-state index in [4.69, 9.17) is 5.11 Å². The van der Waals surface area contributed by atoms with Gasteiger partial charge in [0.1, 0.15) is 6.04 Å². The van der Waals surface area contributed by atoms with Crippen LogP contribution in [0, 0.1) is 0 Å². The van der Waals surface area contributed by atoms with Crippen molar-refractivity contribution in [2.24, 2.45) is 0 Å². The predicted molar refractivity (Wildman–Crippen MR) is 73.3 cm³/mol. The average Bonchev–Trinajstić information content (AvgIpc) is 2.87. The number of urea groups is 1. The molecule has 1 heterocycles. The smallest absolute Gasteiger partial charge is 0.326 e. The fourth-order valence-electron chi connectivity index (χ4n) is 1.53. The molecule has 7 heteroatoms. The number of rotatable bonds is 8. The summed E-state index contributed by atoms with van der Waals surface area (Å²) in [5.74, 6) is -0.997. The molecule has 1 rings (SSSR count). The standard InChI is InChI=1S/C12H19N3O3S/c1-2-3-4-9(11(16)17)15-12(18)14-6-5-10-13-7-8-19-10/h7-9H,2-6H2,1H3,(H,16,17)(H2,14,15,18). The molecule has 19 heavy (non-hydrogen) atoms. The van der Waals surface area contributed by atoms with Gasteiger partial charge in [-0.15, -0.1) is 11.3 Å². The maximum absolute atomic E-state index is 11.5. The molecule has 0 aliphatic carbocycles. The molecule has 0 saturated carbocycles. The SMILES string of the molecule is CCCCC(NC(=O)NCCc1nccs1)C(=O)O. The minimum Gasteiger partial charge on any atom is -0.480 e. The monoisotopic (exact) mass is 285 g/mol. The molecule has 1 aromatic rings. The third-order valence-corrected chi connectivity index (χ3v) is 3.40. The lowest BCUT2D eigenvalue weighted by Crippen LogP contribution is -2.46. The summed E-state index contributed by atoms with van der Waals surface area (Å²) in [4.78, 5) is 26.6. The van der Waals surface area contributed by atoms with Crippen molar-refractivity contribution in [3.63, 3.8) is 0 Å². The van der Waals surface area contributed by atoms with E-state index in [-0.39, 0.29) is 0 Å². The number of carboxylic acids is 1. The topological polar surface area (TPSA) is 91.3 Å². The van der Waals surface area contributed by atoms with Crippen LogP contribution in [-0.2, 0) is 11.2 Å². The van der Waals surface area contributed by atoms with Crippen molar-refractivity contribution in [2.75, 3.05) is 6.54 Å². The number of nitrogens with zero attached hydrogens (tertiary/aromatic N) is 1. The summed E-state index contributed by atoms with van der Waals surface area (Å²) < 4.78 is 0. The first-order valence-electron chi connectivity index (χ1n) is 6.29. The van der Waals surface area contributed by atoms with Gasteiger partial charge in [-0.05, 0) is 6.42 Å². The van der Waals surface area contributed by atoms with E-state index in [0.717, 1.165) is 17.8 Å². The highest BCUT2D eigenvalue weighted by atomic mass is 32.1. The first-order valence-corrected chi connectivity index (χ1v) is 7.17. The van der Waals surface area contributed by atoms with Crippen LogP contribution in [0.25, 0.3) is 0 Å². The minimum atomic E-state index is -0.997. The van der Waals surface area contributed by atoms with Crippen LogP contribution in [0.1, 0.15) is 31.2 Å². The van der Waals surface area contributed by atoms with Gasteiger partial charge in [-0.1, -0.05) is 19.8 Å². The largest absolute Gasteiger partial charge is 0.480 e. The maximum atomic E-state index is 11.5. The minimum absolute atomic E-state index is 0.444. The van der Waals surface area contributed by atoms with Crippen molar-refractivity contribution in [2.45, 2.75) is 38.6 Å². The van der Waals surface area contributed by atoms with E-state index in [2.05, 4.69) is 15.6 Å². The van der Waals surface area contributed by atoms with Crippen LogP contribution < -0.4 is 10.6 Å². The second-order valence-electron chi connectivity index (χ2n) is 4.11. The van der Waals surface area contributed by atoms with E-state index in [9.17, 15) is 9.59 Å². The predicted octanol–water partition coefficient (Wildman–Crippen LogP) is 1.63. The Kier molecular flexibility index (Phi) is 6.88. The zero-order valence-electron chi connectivity index (χ0n) is 10.9. The van der Waals surface area contributed by atoms with Crippen LogP contribution in [0.15, 0.2) is 11.6 Å². The Morgan fingerprint density at radius 2 is 2.32 bits per heavy atom. The van der Waals surface area contributed by atoms with Crippen molar-refractivity contribution in [3.05, 3.63) is 16.6 Å². The molecule has 1 aromatic heterocycles. The second kappa shape index (κ2) is 8.47. The van der Waals surface area contributed by atoms with Crippen molar-refractivity contribution in [3.8, 4) is 0 Å². The summed E-state index contributed by atoms with van der Waals surface area (Å²) in [6.07, 6.45) is 4.49.